The number of hydrogen-bond donors (Lipinski definition) is 1. The van der Waals surface area contributed by atoms with Gasteiger partial charge in [0.25, 0.3) is 5.91 Å². The molecule has 27 heavy (non-hydrogen) atoms. The van der Waals surface area contributed by atoms with Crippen molar-refractivity contribution in [3.8, 4) is 11.3 Å². The Morgan fingerprint density at radius 2 is 2.07 bits per heavy atom. The number of amides is 1. The van der Waals surface area contributed by atoms with E-state index in [0.29, 0.717) is 5.56 Å². The predicted octanol–water partition coefficient (Wildman–Crippen LogP) is 2.82. The summed E-state index contributed by atoms with van der Waals surface area (Å²) in [5.41, 5.74) is 3.15. The Hall–Kier alpha value is -3.22. The summed E-state index contributed by atoms with van der Waals surface area (Å²) in [6.45, 7) is 2.04. The second kappa shape index (κ2) is 7.99. The minimum atomic E-state index is -0.123. The van der Waals surface area contributed by atoms with Crippen LogP contribution in [-0.2, 0) is 7.05 Å². The fourth-order valence-electron chi connectivity index (χ4n) is 2.88. The number of rotatable bonds is 6. The molecule has 3 aromatic rings. The van der Waals surface area contributed by atoms with Crippen molar-refractivity contribution in [3.05, 3.63) is 60.2 Å². The topological polar surface area (TPSA) is 75.9 Å². The van der Waals surface area contributed by atoms with Crippen molar-refractivity contribution in [1.82, 2.24) is 25.1 Å². The van der Waals surface area contributed by atoms with Crippen LogP contribution in [0.3, 0.4) is 0 Å². The minimum absolute atomic E-state index is 0.0921. The third kappa shape index (κ3) is 4.13. The van der Waals surface area contributed by atoms with Gasteiger partial charge in [-0.1, -0.05) is 19.1 Å². The molecule has 7 nitrogen and oxygen atoms in total. The fourth-order valence-corrected chi connectivity index (χ4v) is 2.88. The van der Waals surface area contributed by atoms with Crippen molar-refractivity contribution in [2.24, 2.45) is 7.05 Å². The van der Waals surface area contributed by atoms with Crippen molar-refractivity contribution < 1.29 is 4.79 Å². The molecule has 0 aliphatic rings. The van der Waals surface area contributed by atoms with Gasteiger partial charge in [-0.3, -0.25) is 14.5 Å². The van der Waals surface area contributed by atoms with E-state index >= 15 is 0 Å². The Bertz CT molecular complexity index is 933. The van der Waals surface area contributed by atoms with Crippen LogP contribution in [0.2, 0.25) is 0 Å². The first kappa shape index (κ1) is 18.6. The SMILES string of the molecule is CC[C@@H](NC(=O)c1cccc(-c2cncc(N(C)C)n2)c1)c1ccnn1C. The Morgan fingerprint density at radius 1 is 1.26 bits per heavy atom. The zero-order chi connectivity index (χ0) is 19.4. The van der Waals surface area contributed by atoms with Gasteiger partial charge in [-0.05, 0) is 24.6 Å². The molecule has 0 saturated carbocycles. The number of benzene rings is 1. The van der Waals surface area contributed by atoms with Crippen molar-refractivity contribution in [2.75, 3.05) is 19.0 Å². The number of carbonyl (C=O) groups is 1. The molecule has 0 aliphatic heterocycles. The van der Waals surface area contributed by atoms with Gasteiger partial charge in [-0.2, -0.15) is 5.10 Å². The van der Waals surface area contributed by atoms with Gasteiger partial charge in [0, 0.05) is 38.5 Å². The van der Waals surface area contributed by atoms with Crippen molar-refractivity contribution in [3.63, 3.8) is 0 Å². The lowest BCUT2D eigenvalue weighted by atomic mass is 10.1. The first-order valence-electron chi connectivity index (χ1n) is 8.88. The van der Waals surface area contributed by atoms with E-state index in [1.807, 2.05) is 57.2 Å². The van der Waals surface area contributed by atoms with E-state index in [1.165, 1.54) is 0 Å². The maximum Gasteiger partial charge on any atom is 0.251 e. The highest BCUT2D eigenvalue weighted by Crippen LogP contribution is 2.21. The molecule has 140 valence electrons. The second-order valence-electron chi connectivity index (χ2n) is 6.55. The van der Waals surface area contributed by atoms with Crippen molar-refractivity contribution in [2.45, 2.75) is 19.4 Å². The fraction of sp³-hybridized carbons (Fsp3) is 0.300. The molecule has 1 aromatic carbocycles. The molecule has 1 atom stereocenters. The van der Waals surface area contributed by atoms with Crippen LogP contribution in [0.15, 0.2) is 48.9 Å². The number of aryl methyl sites for hydroxylation is 1. The first-order chi connectivity index (χ1) is 13.0. The molecule has 0 fully saturated rings. The predicted molar refractivity (Wildman–Crippen MR) is 106 cm³/mol. The van der Waals surface area contributed by atoms with Gasteiger partial charge in [0.05, 0.1) is 29.8 Å². The molecule has 7 heteroatoms. The summed E-state index contributed by atoms with van der Waals surface area (Å²) >= 11 is 0. The van der Waals surface area contributed by atoms with E-state index in [9.17, 15) is 4.79 Å². The van der Waals surface area contributed by atoms with Gasteiger partial charge in [0.15, 0.2) is 0 Å². The molecular weight excluding hydrogens is 340 g/mol. The van der Waals surface area contributed by atoms with Gasteiger partial charge in [-0.25, -0.2) is 4.98 Å². The molecule has 0 unspecified atom stereocenters. The number of anilines is 1. The number of carbonyl (C=O) groups excluding carboxylic acids is 1. The highest BCUT2D eigenvalue weighted by Gasteiger charge is 2.17. The number of hydrogen-bond acceptors (Lipinski definition) is 5. The highest BCUT2D eigenvalue weighted by atomic mass is 16.1. The Labute approximate surface area is 159 Å². The van der Waals surface area contributed by atoms with Gasteiger partial charge >= 0.3 is 0 Å². The summed E-state index contributed by atoms with van der Waals surface area (Å²) in [6, 6.07) is 9.27. The molecule has 3 rings (SSSR count). The summed E-state index contributed by atoms with van der Waals surface area (Å²) in [5.74, 6) is 0.645. The van der Waals surface area contributed by atoms with Gasteiger partial charge in [0.2, 0.25) is 0 Å². The summed E-state index contributed by atoms with van der Waals surface area (Å²) in [4.78, 5) is 23.5. The normalized spacial score (nSPS) is 11.9. The van der Waals surface area contributed by atoms with Crippen LogP contribution in [0, 0.1) is 0 Å². The van der Waals surface area contributed by atoms with Crippen LogP contribution >= 0.6 is 0 Å². The van der Waals surface area contributed by atoms with Crippen molar-refractivity contribution >= 4 is 11.7 Å². The minimum Gasteiger partial charge on any atom is -0.361 e. The Balaban J connectivity index is 1.83. The van der Waals surface area contributed by atoms with E-state index < -0.39 is 0 Å². The smallest absolute Gasteiger partial charge is 0.251 e. The average Bonchev–Trinajstić information content (AvgIpc) is 3.12. The number of aromatic nitrogens is 4. The van der Waals surface area contributed by atoms with E-state index in [-0.39, 0.29) is 11.9 Å². The highest BCUT2D eigenvalue weighted by molar-refractivity contribution is 5.95. The molecule has 0 radical (unpaired) electrons. The quantitative estimate of drug-likeness (QED) is 0.728. The van der Waals surface area contributed by atoms with Crippen LogP contribution in [0.1, 0.15) is 35.4 Å². The third-order valence-corrected chi connectivity index (χ3v) is 4.43. The summed E-state index contributed by atoms with van der Waals surface area (Å²) < 4.78 is 1.78. The molecule has 0 spiro atoms. The van der Waals surface area contributed by atoms with E-state index in [1.54, 1.807) is 29.3 Å². The molecule has 0 saturated heterocycles. The number of nitrogens with one attached hydrogen (secondary N) is 1. The zero-order valence-corrected chi connectivity index (χ0v) is 16.0. The molecule has 2 aromatic heterocycles. The van der Waals surface area contributed by atoms with Crippen molar-refractivity contribution in [1.29, 1.82) is 0 Å². The summed E-state index contributed by atoms with van der Waals surface area (Å²) in [5, 5.41) is 7.28. The van der Waals surface area contributed by atoms with Crippen LogP contribution in [0.4, 0.5) is 5.82 Å². The lowest BCUT2D eigenvalue weighted by Gasteiger charge is -2.17. The summed E-state index contributed by atoms with van der Waals surface area (Å²) in [6.07, 6.45) is 5.93. The van der Waals surface area contributed by atoms with E-state index in [0.717, 1.165) is 29.2 Å². The molecule has 2 heterocycles. The van der Waals surface area contributed by atoms with E-state index in [4.69, 9.17) is 0 Å². The number of nitrogens with zero attached hydrogens (tertiary/aromatic N) is 5. The zero-order valence-electron chi connectivity index (χ0n) is 16.0. The largest absolute Gasteiger partial charge is 0.361 e. The van der Waals surface area contributed by atoms with Crippen LogP contribution < -0.4 is 10.2 Å². The van der Waals surface area contributed by atoms with Gasteiger partial charge in [-0.15, -0.1) is 0 Å². The average molecular weight is 364 g/mol. The second-order valence-corrected chi connectivity index (χ2v) is 6.55. The van der Waals surface area contributed by atoms with Gasteiger partial charge < -0.3 is 10.2 Å². The molecule has 0 bridgehead atoms. The third-order valence-electron chi connectivity index (χ3n) is 4.43. The maximum atomic E-state index is 12.8. The first-order valence-corrected chi connectivity index (χ1v) is 8.88. The Kier molecular flexibility index (Phi) is 5.49. The lowest BCUT2D eigenvalue weighted by molar-refractivity contribution is 0.0934. The van der Waals surface area contributed by atoms with Crippen LogP contribution in [-0.4, -0.2) is 39.8 Å². The Morgan fingerprint density at radius 3 is 2.74 bits per heavy atom. The molecule has 1 amide bonds. The molecule has 1 N–H and O–H groups in total. The molecular formula is C20H24N6O. The lowest BCUT2D eigenvalue weighted by Crippen LogP contribution is -2.29. The standard InChI is InChI=1S/C20H24N6O/c1-5-16(18-9-10-22-26(18)4)24-20(27)15-8-6-7-14(11-15)17-12-21-13-19(23-17)25(2)3/h6-13,16H,5H2,1-4H3,(H,24,27)/t16-/m1/s1. The van der Waals surface area contributed by atoms with E-state index in [2.05, 4.69) is 20.4 Å². The van der Waals surface area contributed by atoms with Crippen LogP contribution in [0.5, 0.6) is 0 Å². The maximum absolute atomic E-state index is 12.8. The summed E-state index contributed by atoms with van der Waals surface area (Å²) in [7, 11) is 5.71. The van der Waals surface area contributed by atoms with Crippen LogP contribution in [0.25, 0.3) is 11.3 Å². The molecule has 0 aliphatic carbocycles. The monoisotopic (exact) mass is 364 g/mol. The van der Waals surface area contributed by atoms with Gasteiger partial charge in [0.1, 0.15) is 5.82 Å².